The number of hydrogen-bond acceptors (Lipinski definition) is 0. The van der Waals surface area contributed by atoms with E-state index in [0.717, 1.165) is 17.9 Å². The van der Waals surface area contributed by atoms with E-state index in [1.165, 1.54) is 18.4 Å². The minimum atomic E-state index is -0.00934. The maximum absolute atomic E-state index is 5.86. The maximum atomic E-state index is 5.86. The Labute approximate surface area is 90.3 Å². The topological polar surface area (TPSA) is 0 Å². The van der Waals surface area contributed by atoms with Crippen LogP contribution in [0.15, 0.2) is 24.3 Å². The van der Waals surface area contributed by atoms with Gasteiger partial charge in [-0.1, -0.05) is 42.5 Å². The molecule has 0 heterocycles. The van der Waals surface area contributed by atoms with E-state index in [2.05, 4.69) is 18.1 Å². The van der Waals surface area contributed by atoms with Crippen LogP contribution in [0.25, 0.3) is 0 Å². The van der Waals surface area contributed by atoms with Crippen LogP contribution in [0.2, 0.25) is 5.02 Å². The van der Waals surface area contributed by atoms with Crippen molar-refractivity contribution in [3.8, 4) is 12.3 Å². The Balaban J connectivity index is 2.37. The van der Waals surface area contributed by atoms with E-state index in [9.17, 15) is 0 Å². The summed E-state index contributed by atoms with van der Waals surface area (Å²) in [5.41, 5.74) is 1.24. The molecule has 0 atom stereocenters. The molecule has 1 aliphatic carbocycles. The van der Waals surface area contributed by atoms with Gasteiger partial charge < -0.3 is 0 Å². The Morgan fingerprint density at radius 1 is 1.14 bits per heavy atom. The van der Waals surface area contributed by atoms with Crippen LogP contribution in [0.4, 0.5) is 0 Å². The van der Waals surface area contributed by atoms with E-state index in [4.69, 9.17) is 18.0 Å². The Morgan fingerprint density at radius 2 is 1.71 bits per heavy atom. The highest BCUT2D eigenvalue weighted by Gasteiger charge is 2.33. The van der Waals surface area contributed by atoms with Crippen LogP contribution in [0.3, 0.4) is 0 Å². The van der Waals surface area contributed by atoms with Crippen molar-refractivity contribution >= 4 is 11.6 Å². The molecule has 0 N–H and O–H groups in total. The lowest BCUT2D eigenvalue weighted by Gasteiger charge is -2.22. The summed E-state index contributed by atoms with van der Waals surface area (Å²) in [7, 11) is 0. The van der Waals surface area contributed by atoms with E-state index in [0.29, 0.717) is 0 Å². The molecule has 0 spiro atoms. The molecule has 0 saturated heterocycles. The Hall–Kier alpha value is -0.930. The molecule has 0 radical (unpaired) electrons. The minimum Gasteiger partial charge on any atom is -0.119 e. The quantitative estimate of drug-likeness (QED) is 0.611. The molecule has 72 valence electrons. The average molecular weight is 205 g/mol. The largest absolute Gasteiger partial charge is 0.119 e. The summed E-state index contributed by atoms with van der Waals surface area (Å²) in [5.74, 6) is 2.97. The highest BCUT2D eigenvalue weighted by atomic mass is 35.5. The molecule has 1 saturated carbocycles. The van der Waals surface area contributed by atoms with Crippen LogP contribution in [0.1, 0.15) is 31.2 Å². The van der Waals surface area contributed by atoms with Crippen LogP contribution >= 0.6 is 11.6 Å². The zero-order valence-electron chi connectivity index (χ0n) is 8.09. The monoisotopic (exact) mass is 204 g/mol. The lowest BCUT2D eigenvalue weighted by atomic mass is 9.80. The summed E-state index contributed by atoms with van der Waals surface area (Å²) in [4.78, 5) is 0. The molecule has 1 aromatic rings. The van der Waals surface area contributed by atoms with E-state index in [1.54, 1.807) is 0 Å². The van der Waals surface area contributed by atoms with Crippen LogP contribution in [-0.4, -0.2) is 0 Å². The second kappa shape index (κ2) is 3.67. The normalized spacial score (nSPS) is 19.1. The van der Waals surface area contributed by atoms with Crippen LogP contribution in [-0.2, 0) is 5.41 Å². The van der Waals surface area contributed by atoms with Gasteiger partial charge in [0.1, 0.15) is 0 Å². The van der Waals surface area contributed by atoms with Gasteiger partial charge in [-0.15, -0.1) is 6.42 Å². The molecule has 2 rings (SSSR count). The smallest absolute Gasteiger partial charge is 0.0560 e. The number of terminal acetylenes is 1. The summed E-state index contributed by atoms with van der Waals surface area (Å²) in [6, 6.07) is 7.98. The van der Waals surface area contributed by atoms with Gasteiger partial charge in [0.15, 0.2) is 0 Å². The van der Waals surface area contributed by atoms with Gasteiger partial charge >= 0.3 is 0 Å². The van der Waals surface area contributed by atoms with E-state index < -0.39 is 0 Å². The number of benzene rings is 1. The summed E-state index contributed by atoms with van der Waals surface area (Å²) in [6.45, 7) is 0. The van der Waals surface area contributed by atoms with Gasteiger partial charge in [0.05, 0.1) is 5.41 Å². The van der Waals surface area contributed by atoms with Crippen molar-refractivity contribution in [3.05, 3.63) is 34.9 Å². The van der Waals surface area contributed by atoms with Crippen LogP contribution in [0, 0.1) is 12.3 Å². The fourth-order valence-corrected chi connectivity index (χ4v) is 2.39. The SMILES string of the molecule is C#CC1(c2ccc(Cl)cc2)CCCC1. The molecule has 1 aromatic carbocycles. The highest BCUT2D eigenvalue weighted by Crippen LogP contribution is 2.40. The molecule has 0 nitrogen and oxygen atoms in total. The minimum absolute atomic E-state index is 0.00934. The maximum Gasteiger partial charge on any atom is 0.0560 e. The molecular formula is C13H13Cl. The Kier molecular flexibility index (Phi) is 2.52. The molecule has 14 heavy (non-hydrogen) atoms. The van der Waals surface area contributed by atoms with Crippen molar-refractivity contribution in [1.82, 2.24) is 0 Å². The lowest BCUT2D eigenvalue weighted by Crippen LogP contribution is -2.18. The van der Waals surface area contributed by atoms with E-state index in [1.807, 2.05) is 12.1 Å². The third-order valence-electron chi connectivity index (χ3n) is 3.13. The fourth-order valence-electron chi connectivity index (χ4n) is 2.26. The van der Waals surface area contributed by atoms with Gasteiger partial charge in [0, 0.05) is 5.02 Å². The van der Waals surface area contributed by atoms with Gasteiger partial charge in [0.2, 0.25) is 0 Å². The van der Waals surface area contributed by atoms with Crippen LogP contribution < -0.4 is 0 Å². The standard InChI is InChI=1S/C13H13Cl/c1-2-13(9-3-4-10-13)11-5-7-12(14)8-6-11/h1,5-8H,3-4,9-10H2. The first kappa shape index (κ1) is 9.62. The zero-order valence-corrected chi connectivity index (χ0v) is 8.85. The molecule has 1 heteroatoms. The third kappa shape index (κ3) is 1.53. The number of halogens is 1. The average Bonchev–Trinajstić information content (AvgIpc) is 2.68. The summed E-state index contributed by atoms with van der Waals surface area (Å²) < 4.78 is 0. The van der Waals surface area contributed by atoms with Crippen molar-refractivity contribution in [1.29, 1.82) is 0 Å². The van der Waals surface area contributed by atoms with Gasteiger partial charge in [-0.2, -0.15) is 0 Å². The van der Waals surface area contributed by atoms with Gasteiger partial charge in [-0.25, -0.2) is 0 Å². The lowest BCUT2D eigenvalue weighted by molar-refractivity contribution is 0.582. The molecule has 0 amide bonds. The number of rotatable bonds is 1. The Bertz CT molecular complexity index is 350. The van der Waals surface area contributed by atoms with Crippen LogP contribution in [0.5, 0.6) is 0 Å². The van der Waals surface area contributed by atoms with E-state index in [-0.39, 0.29) is 5.41 Å². The van der Waals surface area contributed by atoms with Gasteiger partial charge in [-0.05, 0) is 30.5 Å². The fraction of sp³-hybridized carbons (Fsp3) is 0.385. The summed E-state index contributed by atoms with van der Waals surface area (Å²) in [5, 5.41) is 0.777. The molecular weight excluding hydrogens is 192 g/mol. The molecule has 0 bridgehead atoms. The van der Waals surface area contributed by atoms with Gasteiger partial charge in [-0.3, -0.25) is 0 Å². The molecule has 0 aliphatic heterocycles. The highest BCUT2D eigenvalue weighted by molar-refractivity contribution is 6.30. The first-order valence-electron chi connectivity index (χ1n) is 5.01. The second-order valence-corrected chi connectivity index (χ2v) is 4.38. The zero-order chi connectivity index (χ0) is 10.0. The summed E-state index contributed by atoms with van der Waals surface area (Å²) >= 11 is 5.86. The predicted octanol–water partition coefficient (Wildman–Crippen LogP) is 3.79. The van der Waals surface area contributed by atoms with Crippen molar-refractivity contribution in [2.45, 2.75) is 31.1 Å². The van der Waals surface area contributed by atoms with Crippen molar-refractivity contribution in [3.63, 3.8) is 0 Å². The van der Waals surface area contributed by atoms with Crippen molar-refractivity contribution < 1.29 is 0 Å². The molecule has 0 unspecified atom stereocenters. The van der Waals surface area contributed by atoms with Crippen molar-refractivity contribution in [2.75, 3.05) is 0 Å². The predicted molar refractivity (Wildman–Crippen MR) is 60.4 cm³/mol. The van der Waals surface area contributed by atoms with Gasteiger partial charge in [0.25, 0.3) is 0 Å². The molecule has 1 aliphatic rings. The Morgan fingerprint density at radius 3 is 2.21 bits per heavy atom. The first-order chi connectivity index (χ1) is 6.77. The van der Waals surface area contributed by atoms with Crippen molar-refractivity contribution in [2.24, 2.45) is 0 Å². The first-order valence-corrected chi connectivity index (χ1v) is 5.38. The molecule has 1 fully saturated rings. The van der Waals surface area contributed by atoms with E-state index >= 15 is 0 Å². The summed E-state index contributed by atoms with van der Waals surface area (Å²) in [6.07, 6.45) is 10.4. The third-order valence-corrected chi connectivity index (χ3v) is 3.38. The number of hydrogen-bond donors (Lipinski definition) is 0. The second-order valence-electron chi connectivity index (χ2n) is 3.94. The molecule has 0 aromatic heterocycles.